The molecular formula is C20H21IN4O3S. The average molecular weight is 524 g/mol. The van der Waals surface area contributed by atoms with Crippen LogP contribution in [0.25, 0.3) is 0 Å². The molecule has 4 N–H and O–H groups in total. The number of hydrogen-bond acceptors (Lipinski definition) is 4. The summed E-state index contributed by atoms with van der Waals surface area (Å²) in [5.41, 5.74) is 7.45. The maximum atomic E-state index is 12.2. The van der Waals surface area contributed by atoms with E-state index in [1.165, 1.54) is 0 Å². The first-order chi connectivity index (χ1) is 13.8. The first-order valence-electron chi connectivity index (χ1n) is 8.88. The number of benzene rings is 2. The predicted molar refractivity (Wildman–Crippen MR) is 125 cm³/mol. The van der Waals surface area contributed by atoms with E-state index in [2.05, 4.69) is 44.1 Å². The first kappa shape index (κ1) is 22.8. The zero-order chi connectivity index (χ0) is 21.4. The van der Waals surface area contributed by atoms with Gasteiger partial charge in [0, 0.05) is 26.8 Å². The molecule has 2 aromatic rings. The highest BCUT2D eigenvalue weighted by Gasteiger charge is 2.11. The quantitative estimate of drug-likeness (QED) is 0.274. The van der Waals surface area contributed by atoms with E-state index in [1.54, 1.807) is 36.4 Å². The highest BCUT2D eigenvalue weighted by molar-refractivity contribution is 14.1. The molecule has 0 saturated carbocycles. The van der Waals surface area contributed by atoms with Crippen LogP contribution in [0, 0.1) is 10.5 Å². The van der Waals surface area contributed by atoms with Gasteiger partial charge in [0.1, 0.15) is 0 Å². The summed E-state index contributed by atoms with van der Waals surface area (Å²) in [6, 6.07) is 11.7. The molecule has 0 aliphatic rings. The molecule has 3 amide bonds. The summed E-state index contributed by atoms with van der Waals surface area (Å²) in [5, 5.41) is 5.23. The molecule has 0 radical (unpaired) electrons. The van der Waals surface area contributed by atoms with Crippen molar-refractivity contribution in [3.63, 3.8) is 0 Å². The monoisotopic (exact) mass is 524 g/mol. The largest absolute Gasteiger partial charge is 0.326 e. The summed E-state index contributed by atoms with van der Waals surface area (Å²) in [5.74, 6) is -0.879. The molecule has 0 spiro atoms. The van der Waals surface area contributed by atoms with Gasteiger partial charge in [0.05, 0.1) is 0 Å². The van der Waals surface area contributed by atoms with Crippen LogP contribution >= 0.6 is 34.8 Å². The number of carbonyl (C=O) groups is 3. The Bertz CT molecular complexity index is 932. The van der Waals surface area contributed by atoms with Gasteiger partial charge >= 0.3 is 0 Å². The van der Waals surface area contributed by atoms with E-state index in [9.17, 15) is 14.4 Å². The lowest BCUT2D eigenvalue weighted by Gasteiger charge is -2.11. The number of thiocarbonyl (C=S) groups is 1. The first-order valence-corrected chi connectivity index (χ1v) is 10.4. The lowest BCUT2D eigenvalue weighted by Crippen LogP contribution is -2.48. The summed E-state index contributed by atoms with van der Waals surface area (Å²) >= 11 is 7.20. The molecular weight excluding hydrogens is 503 g/mol. The van der Waals surface area contributed by atoms with Crippen LogP contribution in [0.2, 0.25) is 0 Å². The fourth-order valence-corrected chi connectivity index (χ4v) is 2.94. The van der Waals surface area contributed by atoms with Gasteiger partial charge in [0.2, 0.25) is 5.91 Å². The number of carbonyl (C=O) groups excluding carboxylic acids is 3. The molecule has 0 aromatic heterocycles. The summed E-state index contributed by atoms with van der Waals surface area (Å²) in [4.78, 5) is 36.0. The van der Waals surface area contributed by atoms with Gasteiger partial charge in [0.25, 0.3) is 11.8 Å². The Hall–Kier alpha value is -2.53. The van der Waals surface area contributed by atoms with Gasteiger partial charge < -0.3 is 5.32 Å². The minimum Gasteiger partial charge on any atom is -0.326 e. The van der Waals surface area contributed by atoms with Crippen LogP contribution in [0.15, 0.2) is 42.5 Å². The fourth-order valence-electron chi connectivity index (χ4n) is 2.28. The van der Waals surface area contributed by atoms with E-state index >= 15 is 0 Å². The van der Waals surface area contributed by atoms with Gasteiger partial charge in [-0.15, -0.1) is 0 Å². The molecule has 152 valence electrons. The van der Waals surface area contributed by atoms with E-state index in [4.69, 9.17) is 12.2 Å². The predicted octanol–water partition coefficient (Wildman–Crippen LogP) is 3.29. The van der Waals surface area contributed by atoms with Crippen LogP contribution in [0.5, 0.6) is 0 Å². The second kappa shape index (κ2) is 10.9. The Morgan fingerprint density at radius 3 is 2.24 bits per heavy atom. The third-order valence-corrected chi connectivity index (χ3v) is 5.22. The molecule has 2 rings (SSSR count). The Labute approximate surface area is 188 Å². The lowest BCUT2D eigenvalue weighted by atomic mass is 10.1. The standard InChI is InChI=1S/C20H21IN4O3S/c1-3-4-17(26)22-15-9-7-13(8-10-15)19(28)24-25-20(29)23-18(27)14-6-5-12(2)16(21)11-14/h5-11H,3-4H2,1-2H3,(H,22,26)(H,24,28)(H2,23,25,27,29). The zero-order valence-corrected chi connectivity index (χ0v) is 18.9. The molecule has 0 unspecified atom stereocenters. The number of hydrazine groups is 1. The van der Waals surface area contributed by atoms with Crippen molar-refractivity contribution in [1.29, 1.82) is 0 Å². The van der Waals surface area contributed by atoms with Crippen molar-refractivity contribution in [1.82, 2.24) is 16.2 Å². The molecule has 0 atom stereocenters. The minimum atomic E-state index is -0.432. The average Bonchev–Trinajstić information content (AvgIpc) is 2.69. The van der Waals surface area contributed by atoms with Crippen molar-refractivity contribution in [3.05, 3.63) is 62.7 Å². The second-order valence-electron chi connectivity index (χ2n) is 6.20. The molecule has 29 heavy (non-hydrogen) atoms. The molecule has 0 heterocycles. The van der Waals surface area contributed by atoms with Crippen LogP contribution in [-0.2, 0) is 4.79 Å². The normalized spacial score (nSPS) is 10.0. The van der Waals surface area contributed by atoms with Crippen LogP contribution in [0.1, 0.15) is 46.0 Å². The van der Waals surface area contributed by atoms with E-state index in [0.29, 0.717) is 23.2 Å². The lowest BCUT2D eigenvalue weighted by molar-refractivity contribution is -0.116. The molecule has 0 saturated heterocycles. The van der Waals surface area contributed by atoms with Crippen molar-refractivity contribution >= 4 is 63.3 Å². The Kier molecular flexibility index (Phi) is 8.52. The molecule has 9 heteroatoms. The van der Waals surface area contributed by atoms with E-state index < -0.39 is 5.91 Å². The van der Waals surface area contributed by atoms with Crippen molar-refractivity contribution in [2.24, 2.45) is 0 Å². The van der Waals surface area contributed by atoms with E-state index in [-0.39, 0.29) is 16.9 Å². The van der Waals surface area contributed by atoms with Crippen LogP contribution in [0.4, 0.5) is 5.69 Å². The molecule has 0 bridgehead atoms. The minimum absolute atomic E-state index is 0.0256. The van der Waals surface area contributed by atoms with E-state index in [1.807, 2.05) is 19.9 Å². The van der Waals surface area contributed by atoms with Crippen molar-refractivity contribution in [2.45, 2.75) is 26.7 Å². The second-order valence-corrected chi connectivity index (χ2v) is 7.77. The van der Waals surface area contributed by atoms with Crippen LogP contribution < -0.4 is 21.5 Å². The highest BCUT2D eigenvalue weighted by Crippen LogP contribution is 2.13. The topological polar surface area (TPSA) is 99.3 Å². The molecule has 0 fully saturated rings. The van der Waals surface area contributed by atoms with Crippen molar-refractivity contribution in [2.75, 3.05) is 5.32 Å². The molecule has 0 aliphatic carbocycles. The van der Waals surface area contributed by atoms with E-state index in [0.717, 1.165) is 15.6 Å². The Morgan fingerprint density at radius 2 is 1.62 bits per heavy atom. The highest BCUT2D eigenvalue weighted by atomic mass is 127. The van der Waals surface area contributed by atoms with Gasteiger partial charge in [-0.25, -0.2) is 0 Å². The van der Waals surface area contributed by atoms with Crippen molar-refractivity contribution in [3.8, 4) is 0 Å². The number of hydrogen-bond donors (Lipinski definition) is 4. The van der Waals surface area contributed by atoms with Crippen LogP contribution in [-0.4, -0.2) is 22.8 Å². The van der Waals surface area contributed by atoms with Crippen LogP contribution in [0.3, 0.4) is 0 Å². The summed E-state index contributed by atoms with van der Waals surface area (Å²) in [6.45, 7) is 3.88. The van der Waals surface area contributed by atoms with Gasteiger partial charge in [-0.05, 0) is 90.1 Å². The number of nitrogens with one attached hydrogen (secondary N) is 4. The number of halogens is 1. The number of rotatable bonds is 5. The van der Waals surface area contributed by atoms with Gasteiger partial charge in [-0.1, -0.05) is 13.0 Å². The zero-order valence-electron chi connectivity index (χ0n) is 16.0. The maximum absolute atomic E-state index is 12.2. The Morgan fingerprint density at radius 1 is 0.966 bits per heavy atom. The summed E-state index contributed by atoms with van der Waals surface area (Å²) < 4.78 is 0.969. The molecule has 2 aromatic carbocycles. The van der Waals surface area contributed by atoms with Gasteiger partial charge in [-0.3, -0.25) is 30.6 Å². The maximum Gasteiger partial charge on any atom is 0.269 e. The number of anilines is 1. The smallest absolute Gasteiger partial charge is 0.269 e. The Balaban J connectivity index is 1.84. The third kappa shape index (κ3) is 7.09. The molecule has 7 nitrogen and oxygen atoms in total. The number of amides is 3. The summed E-state index contributed by atoms with van der Waals surface area (Å²) in [6.07, 6.45) is 1.20. The fraction of sp³-hybridized carbons (Fsp3) is 0.200. The molecule has 0 aliphatic heterocycles. The number of aryl methyl sites for hydroxylation is 1. The van der Waals surface area contributed by atoms with Gasteiger partial charge in [-0.2, -0.15) is 0 Å². The van der Waals surface area contributed by atoms with Crippen molar-refractivity contribution < 1.29 is 14.4 Å². The third-order valence-electron chi connectivity index (χ3n) is 3.86. The van der Waals surface area contributed by atoms with Gasteiger partial charge in [0.15, 0.2) is 5.11 Å². The summed E-state index contributed by atoms with van der Waals surface area (Å²) in [7, 11) is 0. The SMILES string of the molecule is CCCC(=O)Nc1ccc(C(=O)NNC(=S)NC(=O)c2ccc(C)c(I)c2)cc1.